The van der Waals surface area contributed by atoms with Crippen molar-refractivity contribution in [2.45, 2.75) is 112 Å². The van der Waals surface area contributed by atoms with E-state index >= 15 is 0 Å². The van der Waals surface area contributed by atoms with Crippen LogP contribution in [-0.2, 0) is 42.7 Å². The van der Waals surface area contributed by atoms with Gasteiger partial charge in [-0.1, -0.05) is 148 Å². The SMILES string of the molecule is CC1=C(C)N(c2cccc(C(C)(C)C)c2)[CH-]N1c1[c-]c(Oc2[c-]c3c(c(C(C)(C)C)c2)c2ccccc2n3-c2cc(C(C)(C)C)ccn2)cc(C(C)(C)c2ccccc2)c1.[Pt]. The van der Waals surface area contributed by atoms with Gasteiger partial charge >= 0.3 is 0 Å². The van der Waals surface area contributed by atoms with Gasteiger partial charge in [-0.15, -0.1) is 53.8 Å². The van der Waals surface area contributed by atoms with Gasteiger partial charge in [-0.2, -0.15) is 0 Å². The second-order valence-electron chi connectivity index (χ2n) is 20.1. The standard InChI is InChI=1S/C55H59N4O.Pt/c1-36-37(2)58(35-57(36)42-23-19-22-39(28-42)52(3,4)5)43-29-41(55(12,13)38-20-15-14-16-21-38)30-44(32-43)60-45-33-47(54(9,10)11)51-46-24-17-18-25-48(46)59(49(51)34-45)50-31-40(26-27-56-50)53(6,7)8;/h14-31,33,35H,1-13H3;/q-3;. The summed E-state index contributed by atoms with van der Waals surface area (Å²) in [5.41, 5.74) is 11.9. The van der Waals surface area contributed by atoms with Crippen LogP contribution in [0.2, 0.25) is 0 Å². The number of benzene rings is 5. The van der Waals surface area contributed by atoms with Crippen molar-refractivity contribution in [3.8, 4) is 17.3 Å². The first-order chi connectivity index (χ1) is 28.2. The maximum atomic E-state index is 7.07. The quantitative estimate of drug-likeness (QED) is 0.149. The summed E-state index contributed by atoms with van der Waals surface area (Å²) in [5.74, 6) is 2.13. The van der Waals surface area contributed by atoms with Gasteiger partial charge in [0.25, 0.3) is 0 Å². The molecule has 0 saturated heterocycles. The molecule has 2 aromatic heterocycles. The number of anilines is 2. The Morgan fingerprint density at radius 3 is 1.89 bits per heavy atom. The van der Waals surface area contributed by atoms with Crippen LogP contribution < -0.4 is 14.5 Å². The molecule has 61 heavy (non-hydrogen) atoms. The molecule has 6 heteroatoms. The predicted molar refractivity (Wildman–Crippen MR) is 252 cm³/mol. The van der Waals surface area contributed by atoms with Gasteiger partial charge in [0.15, 0.2) is 0 Å². The molecule has 5 aromatic carbocycles. The number of para-hydroxylation sites is 1. The van der Waals surface area contributed by atoms with Gasteiger partial charge in [-0.3, -0.25) is 0 Å². The number of hydrogen-bond donors (Lipinski definition) is 0. The van der Waals surface area contributed by atoms with Crippen molar-refractivity contribution in [2.75, 3.05) is 9.80 Å². The maximum absolute atomic E-state index is 7.07. The third kappa shape index (κ3) is 8.31. The molecule has 0 unspecified atom stereocenters. The molecule has 1 aliphatic heterocycles. The van der Waals surface area contributed by atoms with E-state index in [2.05, 4.69) is 232 Å². The van der Waals surface area contributed by atoms with Gasteiger partial charge in [0.2, 0.25) is 0 Å². The van der Waals surface area contributed by atoms with Gasteiger partial charge in [0, 0.05) is 61.4 Å². The number of rotatable bonds is 7. The predicted octanol–water partition coefficient (Wildman–Crippen LogP) is 14.5. The summed E-state index contributed by atoms with van der Waals surface area (Å²) < 4.78 is 9.33. The minimum absolute atomic E-state index is 0. The Kier molecular flexibility index (Phi) is 11.5. The molecule has 0 radical (unpaired) electrons. The van der Waals surface area contributed by atoms with E-state index in [9.17, 15) is 0 Å². The fraction of sp³-hybridized carbons (Fsp3) is 0.309. The molecular formula is C55H59N4OPt-3. The minimum atomic E-state index is -0.337. The Balaban J connectivity index is 0.00000561. The summed E-state index contributed by atoms with van der Waals surface area (Å²) in [6.45, 7) is 31.4. The van der Waals surface area contributed by atoms with E-state index in [-0.39, 0.29) is 42.7 Å². The van der Waals surface area contributed by atoms with E-state index in [0.29, 0.717) is 11.5 Å². The molecule has 0 amide bonds. The summed E-state index contributed by atoms with van der Waals surface area (Å²) in [4.78, 5) is 9.49. The molecule has 0 N–H and O–H groups in total. The summed E-state index contributed by atoms with van der Waals surface area (Å²) in [7, 11) is 0. The van der Waals surface area contributed by atoms with Crippen LogP contribution in [-0.4, -0.2) is 9.55 Å². The molecule has 0 fully saturated rings. The molecule has 1 aliphatic rings. The smallest absolute Gasteiger partial charge is 0.135 e. The minimum Gasteiger partial charge on any atom is -0.509 e. The Hall–Kier alpha value is -5.12. The van der Waals surface area contributed by atoms with Crippen molar-refractivity contribution in [3.63, 3.8) is 0 Å². The molecule has 5 nitrogen and oxygen atoms in total. The van der Waals surface area contributed by atoms with Crippen LogP contribution in [0.5, 0.6) is 11.5 Å². The van der Waals surface area contributed by atoms with Crippen molar-refractivity contribution in [1.29, 1.82) is 0 Å². The van der Waals surface area contributed by atoms with Crippen LogP contribution in [0.1, 0.15) is 118 Å². The van der Waals surface area contributed by atoms with Crippen LogP contribution in [0.15, 0.2) is 127 Å². The monoisotopic (exact) mass is 986 g/mol. The number of aromatic nitrogens is 2. The fourth-order valence-corrected chi connectivity index (χ4v) is 8.36. The summed E-state index contributed by atoms with van der Waals surface area (Å²) >= 11 is 0. The van der Waals surface area contributed by atoms with Gasteiger partial charge in [-0.25, -0.2) is 4.98 Å². The molecule has 0 bridgehead atoms. The van der Waals surface area contributed by atoms with Gasteiger partial charge in [0.05, 0.1) is 0 Å². The van der Waals surface area contributed by atoms with Crippen molar-refractivity contribution in [1.82, 2.24) is 9.55 Å². The summed E-state index contributed by atoms with van der Waals surface area (Å²) in [6, 6.07) is 46.6. The van der Waals surface area contributed by atoms with E-state index in [0.717, 1.165) is 50.6 Å². The van der Waals surface area contributed by atoms with Crippen LogP contribution in [0.25, 0.3) is 27.6 Å². The zero-order chi connectivity index (χ0) is 42.9. The van der Waals surface area contributed by atoms with Crippen LogP contribution in [0.3, 0.4) is 0 Å². The molecule has 318 valence electrons. The summed E-state index contributed by atoms with van der Waals surface area (Å²) in [6.07, 6.45) is 1.92. The molecule has 0 saturated carbocycles. The number of ether oxygens (including phenoxy) is 1. The molecule has 0 atom stereocenters. The third-order valence-corrected chi connectivity index (χ3v) is 12.3. The van der Waals surface area contributed by atoms with Crippen LogP contribution in [0, 0.1) is 18.8 Å². The van der Waals surface area contributed by atoms with Crippen LogP contribution >= 0.6 is 0 Å². The Bertz CT molecular complexity index is 2770. The van der Waals surface area contributed by atoms with E-state index in [1.165, 1.54) is 27.6 Å². The second-order valence-corrected chi connectivity index (χ2v) is 20.1. The Labute approximate surface area is 378 Å². The number of hydrogen-bond acceptors (Lipinski definition) is 4. The van der Waals surface area contributed by atoms with Crippen molar-refractivity contribution in [3.05, 3.63) is 173 Å². The topological polar surface area (TPSA) is 33.5 Å². The first-order valence-corrected chi connectivity index (χ1v) is 21.2. The zero-order valence-corrected chi connectivity index (χ0v) is 40.3. The van der Waals surface area contributed by atoms with Crippen molar-refractivity contribution < 1.29 is 25.8 Å². The molecule has 3 heterocycles. The van der Waals surface area contributed by atoms with Crippen molar-refractivity contribution in [2.24, 2.45) is 0 Å². The normalized spacial score (nSPS) is 14.0. The largest absolute Gasteiger partial charge is 0.509 e. The maximum Gasteiger partial charge on any atom is 0.135 e. The summed E-state index contributed by atoms with van der Waals surface area (Å²) in [5, 5.41) is 2.33. The molecule has 0 aliphatic carbocycles. The van der Waals surface area contributed by atoms with E-state index in [1.54, 1.807) is 0 Å². The first-order valence-electron chi connectivity index (χ1n) is 21.2. The molecule has 7 aromatic rings. The average Bonchev–Trinajstić information content (AvgIpc) is 3.69. The third-order valence-electron chi connectivity index (χ3n) is 12.3. The fourth-order valence-electron chi connectivity index (χ4n) is 8.36. The number of nitrogens with zero attached hydrogens (tertiary/aromatic N) is 4. The molecular weight excluding hydrogens is 928 g/mol. The van der Waals surface area contributed by atoms with Crippen molar-refractivity contribution >= 4 is 33.2 Å². The molecule has 8 rings (SSSR count). The number of allylic oxidation sites excluding steroid dienone is 2. The number of pyridine rings is 1. The number of fused-ring (bicyclic) bond motifs is 3. The zero-order valence-electron chi connectivity index (χ0n) is 38.1. The molecule has 0 spiro atoms. The van der Waals surface area contributed by atoms with Gasteiger partial charge in [0.1, 0.15) is 5.82 Å². The van der Waals surface area contributed by atoms with Gasteiger partial charge in [-0.05, 0) is 87.9 Å². The first kappa shape index (κ1) is 44.0. The van der Waals surface area contributed by atoms with E-state index < -0.39 is 0 Å². The Morgan fingerprint density at radius 2 is 1.20 bits per heavy atom. The van der Waals surface area contributed by atoms with E-state index in [4.69, 9.17) is 9.72 Å². The average molecular weight is 987 g/mol. The van der Waals surface area contributed by atoms with Gasteiger partial charge < -0.3 is 19.1 Å². The van der Waals surface area contributed by atoms with Crippen LogP contribution in [0.4, 0.5) is 11.4 Å². The second kappa shape index (κ2) is 16.0. The van der Waals surface area contributed by atoms with E-state index in [1.807, 2.05) is 6.20 Å². The Morgan fingerprint density at radius 1 is 0.574 bits per heavy atom.